The lowest BCUT2D eigenvalue weighted by atomic mass is 10.0. The minimum absolute atomic E-state index is 0.0376. The summed E-state index contributed by atoms with van der Waals surface area (Å²) in [4.78, 5) is 10.9. The van der Waals surface area contributed by atoms with Gasteiger partial charge in [0, 0.05) is 11.4 Å². The third kappa shape index (κ3) is 2.22. The normalized spacial score (nSPS) is 10.1. The Morgan fingerprint density at radius 1 is 1.54 bits per heavy atom. The van der Waals surface area contributed by atoms with Crippen LogP contribution in [0.15, 0.2) is 12.1 Å². The largest absolute Gasteiger partial charge is 0.508 e. The monoisotopic (exact) mass is 198 g/mol. The molecule has 1 N–H and O–H groups in total. The molecule has 0 fully saturated rings. The number of halogens is 1. The number of phenolic OH excluding ortho intramolecular Hbond substituents is 1. The van der Waals surface area contributed by atoms with E-state index in [1.165, 1.54) is 13.0 Å². The molecule has 0 saturated carbocycles. The van der Waals surface area contributed by atoms with E-state index in [2.05, 4.69) is 0 Å². The number of rotatable bonds is 2. The van der Waals surface area contributed by atoms with Crippen molar-refractivity contribution in [2.24, 2.45) is 0 Å². The molecule has 0 aromatic heterocycles. The van der Waals surface area contributed by atoms with E-state index >= 15 is 0 Å². The van der Waals surface area contributed by atoms with Crippen LogP contribution in [0.25, 0.3) is 0 Å². The number of hydrogen-bond donors (Lipinski definition) is 1. The van der Waals surface area contributed by atoms with Crippen molar-refractivity contribution >= 4 is 17.4 Å². The second kappa shape index (κ2) is 3.79. The van der Waals surface area contributed by atoms with Gasteiger partial charge in [0.2, 0.25) is 0 Å². The van der Waals surface area contributed by atoms with Crippen molar-refractivity contribution in [2.75, 3.05) is 0 Å². The predicted octanol–water partition coefficient (Wildman–Crippen LogP) is 2.49. The maximum Gasteiger partial charge on any atom is 0.134 e. The first-order chi connectivity index (χ1) is 6.02. The molecule has 1 rings (SSSR count). The van der Waals surface area contributed by atoms with Crippen LogP contribution in [0.3, 0.4) is 0 Å². The van der Waals surface area contributed by atoms with Crippen LogP contribution < -0.4 is 0 Å². The van der Waals surface area contributed by atoms with Crippen molar-refractivity contribution in [3.63, 3.8) is 0 Å². The fraction of sp³-hybridized carbons (Fsp3) is 0.300. The average Bonchev–Trinajstić information content (AvgIpc) is 2.05. The Kier molecular flexibility index (Phi) is 2.94. The fourth-order valence-electron chi connectivity index (χ4n) is 1.18. The lowest BCUT2D eigenvalue weighted by Gasteiger charge is -2.07. The number of aromatic hydroxyl groups is 1. The lowest BCUT2D eigenvalue weighted by molar-refractivity contribution is -0.116. The number of hydrogen-bond acceptors (Lipinski definition) is 2. The van der Waals surface area contributed by atoms with Gasteiger partial charge >= 0.3 is 0 Å². The van der Waals surface area contributed by atoms with Crippen molar-refractivity contribution < 1.29 is 9.90 Å². The van der Waals surface area contributed by atoms with E-state index in [4.69, 9.17) is 11.6 Å². The van der Waals surface area contributed by atoms with Crippen LogP contribution in [-0.4, -0.2) is 10.9 Å². The first-order valence-corrected chi connectivity index (χ1v) is 4.36. The Labute approximate surface area is 82.2 Å². The van der Waals surface area contributed by atoms with Crippen LogP contribution in [-0.2, 0) is 11.2 Å². The van der Waals surface area contributed by atoms with E-state index in [1.807, 2.05) is 0 Å². The molecule has 0 bridgehead atoms. The molecular weight excluding hydrogens is 188 g/mol. The molecule has 0 aliphatic rings. The summed E-state index contributed by atoms with van der Waals surface area (Å²) < 4.78 is 0. The van der Waals surface area contributed by atoms with Crippen molar-refractivity contribution in [3.8, 4) is 5.75 Å². The maximum atomic E-state index is 10.9. The molecule has 0 spiro atoms. The van der Waals surface area contributed by atoms with Gasteiger partial charge in [-0.3, -0.25) is 4.79 Å². The molecule has 1 aromatic rings. The number of Topliss-reactive ketones (excluding diaryl/α,β-unsaturated/α-hetero) is 1. The van der Waals surface area contributed by atoms with Crippen molar-refractivity contribution in [3.05, 3.63) is 28.3 Å². The zero-order chi connectivity index (χ0) is 10.0. The first kappa shape index (κ1) is 10.1. The predicted molar refractivity (Wildman–Crippen MR) is 52.2 cm³/mol. The first-order valence-electron chi connectivity index (χ1n) is 3.98. The van der Waals surface area contributed by atoms with Gasteiger partial charge in [0.05, 0.1) is 0 Å². The second-order valence-corrected chi connectivity index (χ2v) is 3.46. The van der Waals surface area contributed by atoms with E-state index in [-0.39, 0.29) is 18.0 Å². The minimum atomic E-state index is 0.0376. The molecule has 0 aliphatic carbocycles. The van der Waals surface area contributed by atoms with E-state index in [0.29, 0.717) is 16.1 Å². The molecule has 0 amide bonds. The van der Waals surface area contributed by atoms with Crippen LogP contribution in [0.5, 0.6) is 5.75 Å². The molecule has 0 saturated heterocycles. The Balaban J connectivity index is 3.17. The number of carbonyl (C=O) groups is 1. The van der Waals surface area contributed by atoms with Gasteiger partial charge in [-0.1, -0.05) is 11.6 Å². The Morgan fingerprint density at radius 3 is 2.69 bits per heavy atom. The molecule has 0 atom stereocenters. The van der Waals surface area contributed by atoms with Gasteiger partial charge in [0.15, 0.2) is 0 Å². The smallest absolute Gasteiger partial charge is 0.134 e. The number of phenols is 1. The third-order valence-electron chi connectivity index (χ3n) is 1.94. The van der Waals surface area contributed by atoms with Crippen molar-refractivity contribution in [2.45, 2.75) is 20.3 Å². The van der Waals surface area contributed by atoms with Gasteiger partial charge in [-0.05, 0) is 37.1 Å². The summed E-state index contributed by atoms with van der Waals surface area (Å²) in [5.74, 6) is 0.219. The average molecular weight is 199 g/mol. The molecule has 3 heteroatoms. The van der Waals surface area contributed by atoms with Crippen molar-refractivity contribution in [1.82, 2.24) is 0 Å². The molecule has 0 heterocycles. The molecule has 2 nitrogen and oxygen atoms in total. The van der Waals surface area contributed by atoms with E-state index in [9.17, 15) is 9.90 Å². The molecule has 0 unspecified atom stereocenters. The highest BCUT2D eigenvalue weighted by Gasteiger charge is 2.09. The molecular formula is C10H11ClO2. The van der Waals surface area contributed by atoms with Gasteiger partial charge in [-0.2, -0.15) is 0 Å². The quantitative estimate of drug-likeness (QED) is 0.793. The summed E-state index contributed by atoms with van der Waals surface area (Å²) in [7, 11) is 0. The van der Waals surface area contributed by atoms with Crippen LogP contribution in [0.4, 0.5) is 0 Å². The summed E-state index contributed by atoms with van der Waals surface area (Å²) >= 11 is 5.88. The zero-order valence-corrected chi connectivity index (χ0v) is 8.35. The number of benzene rings is 1. The van der Waals surface area contributed by atoms with Crippen LogP contribution >= 0.6 is 11.6 Å². The Bertz CT molecular complexity index is 345. The van der Waals surface area contributed by atoms with Crippen LogP contribution in [0, 0.1) is 6.92 Å². The molecule has 13 heavy (non-hydrogen) atoms. The molecule has 0 aliphatic heterocycles. The second-order valence-electron chi connectivity index (χ2n) is 3.05. The van der Waals surface area contributed by atoms with Gasteiger partial charge < -0.3 is 5.11 Å². The summed E-state index contributed by atoms with van der Waals surface area (Å²) in [5, 5.41) is 9.90. The fourth-order valence-corrected chi connectivity index (χ4v) is 1.45. The van der Waals surface area contributed by atoms with E-state index in [1.54, 1.807) is 13.0 Å². The standard InChI is InChI=1S/C10H11ClO2/c1-6(12)5-8-7(2)10(13)4-3-9(8)11/h3-4,13H,5H2,1-2H3. The summed E-state index contributed by atoms with van der Waals surface area (Å²) in [5.41, 5.74) is 1.40. The summed E-state index contributed by atoms with van der Waals surface area (Å²) in [6.45, 7) is 3.25. The van der Waals surface area contributed by atoms with Gasteiger partial charge in [-0.25, -0.2) is 0 Å². The number of carbonyl (C=O) groups excluding carboxylic acids is 1. The highest BCUT2D eigenvalue weighted by Crippen LogP contribution is 2.27. The Hall–Kier alpha value is -1.02. The SMILES string of the molecule is CC(=O)Cc1c(Cl)ccc(O)c1C. The Morgan fingerprint density at radius 2 is 2.15 bits per heavy atom. The zero-order valence-electron chi connectivity index (χ0n) is 7.60. The van der Waals surface area contributed by atoms with Crippen molar-refractivity contribution in [1.29, 1.82) is 0 Å². The lowest BCUT2D eigenvalue weighted by Crippen LogP contribution is -1.99. The van der Waals surface area contributed by atoms with Gasteiger partial charge in [0.1, 0.15) is 11.5 Å². The molecule has 1 aromatic carbocycles. The summed E-state index contributed by atoms with van der Waals surface area (Å²) in [6, 6.07) is 3.13. The topological polar surface area (TPSA) is 37.3 Å². The third-order valence-corrected chi connectivity index (χ3v) is 2.29. The van der Waals surface area contributed by atoms with Crippen LogP contribution in [0.2, 0.25) is 5.02 Å². The minimum Gasteiger partial charge on any atom is -0.508 e. The molecule has 70 valence electrons. The summed E-state index contributed by atoms with van der Waals surface area (Å²) in [6.07, 6.45) is 0.277. The molecule has 0 radical (unpaired) electrons. The highest BCUT2D eigenvalue weighted by molar-refractivity contribution is 6.31. The maximum absolute atomic E-state index is 10.9. The van der Waals surface area contributed by atoms with Crippen LogP contribution in [0.1, 0.15) is 18.1 Å². The highest BCUT2D eigenvalue weighted by atomic mass is 35.5. The number of ketones is 1. The van der Waals surface area contributed by atoms with E-state index in [0.717, 1.165) is 0 Å². The van der Waals surface area contributed by atoms with Gasteiger partial charge in [0.25, 0.3) is 0 Å². The van der Waals surface area contributed by atoms with E-state index < -0.39 is 0 Å². The van der Waals surface area contributed by atoms with Gasteiger partial charge in [-0.15, -0.1) is 0 Å².